The van der Waals surface area contributed by atoms with E-state index in [2.05, 4.69) is 0 Å². The molecule has 11 heteroatoms. The van der Waals surface area contributed by atoms with Crippen LogP contribution >= 0.6 is 0 Å². The molecule has 5 unspecified atom stereocenters. The molecule has 0 aliphatic carbocycles. The van der Waals surface area contributed by atoms with Gasteiger partial charge in [0.2, 0.25) is 17.5 Å². The van der Waals surface area contributed by atoms with Gasteiger partial charge in [-0.2, -0.15) is 0 Å². The molecular weight excluding hydrogens is 428 g/mol. The first kappa shape index (κ1) is 22.1. The Morgan fingerprint density at radius 1 is 1.00 bits per heavy atom. The van der Waals surface area contributed by atoms with Gasteiger partial charge in [0, 0.05) is 6.07 Å². The van der Waals surface area contributed by atoms with E-state index in [0.29, 0.717) is 5.56 Å². The molecule has 11 nitrogen and oxygen atoms in total. The molecule has 2 aromatic carbocycles. The maximum Gasteiger partial charge on any atom is 0.229 e. The molecule has 1 saturated heterocycles. The highest BCUT2D eigenvalue weighted by Gasteiger charge is 2.45. The van der Waals surface area contributed by atoms with Crippen LogP contribution in [0.15, 0.2) is 27.4 Å². The van der Waals surface area contributed by atoms with Crippen molar-refractivity contribution in [3.63, 3.8) is 0 Å². The van der Waals surface area contributed by atoms with Gasteiger partial charge < -0.3 is 49.3 Å². The number of rotatable bonds is 4. The van der Waals surface area contributed by atoms with Crippen LogP contribution in [0.3, 0.4) is 0 Å². The molecule has 0 amide bonds. The molecule has 1 aromatic heterocycles. The van der Waals surface area contributed by atoms with Gasteiger partial charge in [0.05, 0.1) is 13.7 Å². The Kier molecular flexibility index (Phi) is 5.61. The van der Waals surface area contributed by atoms with Crippen molar-refractivity contribution >= 4 is 21.9 Å². The molecule has 4 rings (SSSR count). The van der Waals surface area contributed by atoms with Gasteiger partial charge in [-0.15, -0.1) is 0 Å². The fourth-order valence-corrected chi connectivity index (χ4v) is 3.74. The highest BCUT2D eigenvalue weighted by atomic mass is 16.7. The Morgan fingerprint density at radius 2 is 1.69 bits per heavy atom. The molecule has 1 aliphatic heterocycles. The third kappa shape index (κ3) is 3.40. The van der Waals surface area contributed by atoms with Crippen LogP contribution in [0.5, 0.6) is 23.0 Å². The lowest BCUT2D eigenvalue weighted by Gasteiger charge is -2.39. The van der Waals surface area contributed by atoms with E-state index in [1.54, 1.807) is 6.92 Å². The topological polar surface area (TPSA) is 179 Å². The highest BCUT2D eigenvalue weighted by Crippen LogP contribution is 2.43. The molecule has 6 N–H and O–H groups in total. The molecule has 32 heavy (non-hydrogen) atoms. The number of aliphatic hydroxyl groups is 4. The van der Waals surface area contributed by atoms with E-state index in [1.165, 1.54) is 19.2 Å². The molecule has 1 aliphatic rings. The molecule has 0 radical (unpaired) electrons. The van der Waals surface area contributed by atoms with Gasteiger partial charge in [0.1, 0.15) is 52.3 Å². The van der Waals surface area contributed by atoms with Gasteiger partial charge in [-0.05, 0) is 24.6 Å². The lowest BCUT2D eigenvalue weighted by Crippen LogP contribution is -2.60. The molecular formula is C21H22O11. The summed E-state index contributed by atoms with van der Waals surface area (Å²) in [5.74, 6) is -1.17. The number of hydrogen-bond acceptors (Lipinski definition) is 11. The number of benzene rings is 2. The van der Waals surface area contributed by atoms with E-state index >= 15 is 0 Å². The Morgan fingerprint density at radius 3 is 2.34 bits per heavy atom. The summed E-state index contributed by atoms with van der Waals surface area (Å²) >= 11 is 0. The number of aryl methyl sites for hydroxylation is 1. The standard InChI is InChI=1S/C21H22O11/c1-7-3-8(23)13-10(4-7)30-20-14(16(13)26)9(24)5-11(29-2)19(20)32-21-18(28)17(27)15(25)12(6-22)31-21/h3-5,12,15,17-18,21-25,27-28H,6H2,1-2H3. The third-order valence-electron chi connectivity index (χ3n) is 5.38. The van der Waals surface area contributed by atoms with Gasteiger partial charge in [0.25, 0.3) is 0 Å². The van der Waals surface area contributed by atoms with Crippen LogP contribution in [0.4, 0.5) is 0 Å². The monoisotopic (exact) mass is 450 g/mol. The second-order valence-corrected chi connectivity index (χ2v) is 7.53. The smallest absolute Gasteiger partial charge is 0.229 e. The minimum atomic E-state index is -1.74. The van der Waals surface area contributed by atoms with Crippen molar-refractivity contribution in [3.05, 3.63) is 34.0 Å². The second-order valence-electron chi connectivity index (χ2n) is 7.53. The van der Waals surface area contributed by atoms with Crippen LogP contribution in [0.25, 0.3) is 21.9 Å². The van der Waals surface area contributed by atoms with Crippen molar-refractivity contribution < 1.29 is 49.3 Å². The number of hydrogen-bond donors (Lipinski definition) is 6. The SMILES string of the molecule is COc1cc(O)c2c(=O)c3c(O)cc(C)cc3oc2c1OC1OC(CO)C(O)C(O)C1O. The number of fused-ring (bicyclic) bond motifs is 2. The van der Waals surface area contributed by atoms with Gasteiger partial charge in [0.15, 0.2) is 11.3 Å². The van der Waals surface area contributed by atoms with Crippen LogP contribution in [0.2, 0.25) is 0 Å². The van der Waals surface area contributed by atoms with E-state index < -0.39 is 48.5 Å². The fraction of sp³-hybridized carbons (Fsp3) is 0.381. The number of methoxy groups -OCH3 is 1. The Hall–Kier alpha value is -3.09. The minimum Gasteiger partial charge on any atom is -0.507 e. The summed E-state index contributed by atoms with van der Waals surface area (Å²) in [5.41, 5.74) is -0.397. The average molecular weight is 450 g/mol. The van der Waals surface area contributed by atoms with E-state index in [9.17, 15) is 35.4 Å². The Labute approximate surface area is 180 Å². The number of aromatic hydroxyl groups is 2. The summed E-state index contributed by atoms with van der Waals surface area (Å²) in [6.07, 6.45) is -7.87. The van der Waals surface area contributed by atoms with Crippen molar-refractivity contribution in [3.8, 4) is 23.0 Å². The molecule has 0 saturated carbocycles. The van der Waals surface area contributed by atoms with Crippen LogP contribution in [0.1, 0.15) is 5.56 Å². The largest absolute Gasteiger partial charge is 0.507 e. The van der Waals surface area contributed by atoms with Gasteiger partial charge >= 0.3 is 0 Å². The van der Waals surface area contributed by atoms with E-state index in [0.717, 1.165) is 6.07 Å². The minimum absolute atomic E-state index is 0.00584. The quantitative estimate of drug-likeness (QED) is 0.291. The zero-order valence-electron chi connectivity index (χ0n) is 17.1. The molecule has 0 bridgehead atoms. The van der Waals surface area contributed by atoms with E-state index in [4.69, 9.17) is 18.6 Å². The molecule has 1 fully saturated rings. The Bertz CT molecular complexity index is 1230. The van der Waals surface area contributed by atoms with Crippen molar-refractivity contribution in [1.82, 2.24) is 0 Å². The fourth-order valence-electron chi connectivity index (χ4n) is 3.74. The van der Waals surface area contributed by atoms with Crippen molar-refractivity contribution in [1.29, 1.82) is 0 Å². The summed E-state index contributed by atoms with van der Waals surface area (Å²) in [4.78, 5) is 13.1. The average Bonchev–Trinajstić information content (AvgIpc) is 2.74. The summed E-state index contributed by atoms with van der Waals surface area (Å²) < 4.78 is 22.1. The molecule has 172 valence electrons. The summed E-state index contributed by atoms with van der Waals surface area (Å²) in [6, 6.07) is 3.96. The lowest BCUT2D eigenvalue weighted by molar-refractivity contribution is -0.277. The number of aliphatic hydroxyl groups excluding tert-OH is 4. The summed E-state index contributed by atoms with van der Waals surface area (Å²) in [7, 11) is 1.26. The van der Waals surface area contributed by atoms with Crippen LogP contribution in [-0.2, 0) is 4.74 Å². The molecule has 2 heterocycles. The summed E-state index contributed by atoms with van der Waals surface area (Å²) in [6.45, 7) is 1.01. The van der Waals surface area contributed by atoms with Crippen LogP contribution in [0, 0.1) is 6.92 Å². The number of phenolic OH excluding ortho intramolecular Hbond substituents is 2. The molecule has 0 spiro atoms. The first-order valence-electron chi connectivity index (χ1n) is 9.65. The van der Waals surface area contributed by atoms with Gasteiger partial charge in [-0.3, -0.25) is 4.79 Å². The van der Waals surface area contributed by atoms with Crippen molar-refractivity contribution in [2.45, 2.75) is 37.6 Å². The van der Waals surface area contributed by atoms with Crippen molar-refractivity contribution in [2.75, 3.05) is 13.7 Å². The Balaban J connectivity index is 1.94. The zero-order chi connectivity index (χ0) is 23.3. The molecule has 3 aromatic rings. The first-order chi connectivity index (χ1) is 15.2. The lowest BCUT2D eigenvalue weighted by atomic mass is 9.99. The van der Waals surface area contributed by atoms with Crippen molar-refractivity contribution in [2.24, 2.45) is 0 Å². The van der Waals surface area contributed by atoms with Crippen LogP contribution < -0.4 is 14.9 Å². The van der Waals surface area contributed by atoms with E-state index in [-0.39, 0.29) is 39.2 Å². The molecule has 5 atom stereocenters. The maximum absolute atomic E-state index is 13.1. The number of ether oxygens (including phenoxy) is 3. The second kappa shape index (κ2) is 8.11. The predicted octanol–water partition coefficient (Wildman–Crippen LogP) is -0.147. The highest BCUT2D eigenvalue weighted by molar-refractivity contribution is 5.99. The number of phenols is 2. The first-order valence-corrected chi connectivity index (χ1v) is 9.65. The van der Waals surface area contributed by atoms with E-state index in [1.807, 2.05) is 0 Å². The normalized spacial score (nSPS) is 25.9. The zero-order valence-corrected chi connectivity index (χ0v) is 17.1. The van der Waals surface area contributed by atoms with Gasteiger partial charge in [-0.25, -0.2) is 0 Å². The summed E-state index contributed by atoms with van der Waals surface area (Å²) in [5, 5.41) is 59.9. The van der Waals surface area contributed by atoms with Crippen LogP contribution in [-0.4, -0.2) is 75.1 Å². The maximum atomic E-state index is 13.1. The third-order valence-corrected chi connectivity index (χ3v) is 5.38. The van der Waals surface area contributed by atoms with Gasteiger partial charge in [-0.1, -0.05) is 0 Å². The predicted molar refractivity (Wildman–Crippen MR) is 109 cm³/mol.